The lowest BCUT2D eigenvalue weighted by Crippen LogP contribution is -2.50. The SMILES string of the molecule is CCCNC(=O)[C@@H](CC)N(Cc1ccccc1C)C(=O)COc1cccc(C)c1. The van der Waals surface area contributed by atoms with E-state index in [4.69, 9.17) is 4.74 Å². The summed E-state index contributed by atoms with van der Waals surface area (Å²) in [5.74, 6) is 0.331. The van der Waals surface area contributed by atoms with Gasteiger partial charge in [-0.05, 0) is 55.5 Å². The van der Waals surface area contributed by atoms with Crippen molar-refractivity contribution >= 4 is 11.8 Å². The fourth-order valence-electron chi connectivity index (χ4n) is 3.19. The summed E-state index contributed by atoms with van der Waals surface area (Å²) in [5.41, 5.74) is 3.18. The van der Waals surface area contributed by atoms with Gasteiger partial charge in [-0.1, -0.05) is 50.2 Å². The number of nitrogens with zero attached hydrogens (tertiary/aromatic N) is 1. The molecule has 0 heterocycles. The maximum atomic E-state index is 13.1. The third-order valence-corrected chi connectivity index (χ3v) is 4.89. The lowest BCUT2D eigenvalue weighted by Gasteiger charge is -2.31. The zero-order valence-corrected chi connectivity index (χ0v) is 17.9. The first kappa shape index (κ1) is 22.5. The molecule has 0 fully saturated rings. The molecule has 0 saturated heterocycles. The third kappa shape index (κ3) is 6.63. The van der Waals surface area contributed by atoms with Gasteiger partial charge in [-0.2, -0.15) is 0 Å². The van der Waals surface area contributed by atoms with Crippen LogP contribution in [0.4, 0.5) is 0 Å². The fraction of sp³-hybridized carbons (Fsp3) is 0.417. The minimum Gasteiger partial charge on any atom is -0.484 e. The highest BCUT2D eigenvalue weighted by Crippen LogP contribution is 2.17. The molecule has 0 aromatic heterocycles. The van der Waals surface area contributed by atoms with Crippen molar-refractivity contribution in [3.05, 3.63) is 65.2 Å². The summed E-state index contributed by atoms with van der Waals surface area (Å²) < 4.78 is 5.73. The Hall–Kier alpha value is -2.82. The first-order valence-electron chi connectivity index (χ1n) is 10.3. The van der Waals surface area contributed by atoms with Gasteiger partial charge in [-0.3, -0.25) is 9.59 Å². The summed E-state index contributed by atoms with van der Waals surface area (Å²) >= 11 is 0. The number of hydrogen-bond acceptors (Lipinski definition) is 3. The molecule has 2 amide bonds. The minimum absolute atomic E-state index is 0.104. The van der Waals surface area contributed by atoms with Gasteiger partial charge in [-0.15, -0.1) is 0 Å². The molecule has 0 radical (unpaired) electrons. The molecule has 5 heteroatoms. The molecule has 156 valence electrons. The standard InChI is InChI=1S/C24H32N2O3/c1-5-14-25-24(28)22(6-2)26(16-20-12-8-7-11-19(20)4)23(27)17-29-21-13-9-10-18(3)15-21/h7-13,15,22H,5-6,14,16-17H2,1-4H3,(H,25,28)/t22-/m1/s1. The van der Waals surface area contributed by atoms with E-state index in [9.17, 15) is 9.59 Å². The van der Waals surface area contributed by atoms with Gasteiger partial charge in [0.1, 0.15) is 11.8 Å². The number of carbonyl (C=O) groups is 2. The van der Waals surface area contributed by atoms with Crippen molar-refractivity contribution in [1.29, 1.82) is 0 Å². The fourth-order valence-corrected chi connectivity index (χ4v) is 3.19. The third-order valence-electron chi connectivity index (χ3n) is 4.89. The number of benzene rings is 2. The topological polar surface area (TPSA) is 58.6 Å². The van der Waals surface area contributed by atoms with E-state index in [0.717, 1.165) is 23.1 Å². The van der Waals surface area contributed by atoms with Crippen molar-refractivity contribution in [2.75, 3.05) is 13.2 Å². The largest absolute Gasteiger partial charge is 0.484 e. The Kier molecular flexibility index (Phi) is 8.71. The lowest BCUT2D eigenvalue weighted by molar-refractivity contribution is -0.143. The summed E-state index contributed by atoms with van der Waals surface area (Å²) in [4.78, 5) is 27.5. The number of nitrogens with one attached hydrogen (secondary N) is 1. The van der Waals surface area contributed by atoms with Crippen LogP contribution in [0, 0.1) is 13.8 Å². The molecule has 0 spiro atoms. The van der Waals surface area contributed by atoms with Crippen LogP contribution < -0.4 is 10.1 Å². The van der Waals surface area contributed by atoms with E-state index in [1.54, 1.807) is 4.90 Å². The van der Waals surface area contributed by atoms with Crippen LogP contribution in [0.2, 0.25) is 0 Å². The van der Waals surface area contributed by atoms with Gasteiger partial charge in [0.2, 0.25) is 5.91 Å². The maximum absolute atomic E-state index is 13.1. The van der Waals surface area contributed by atoms with Gasteiger partial charge >= 0.3 is 0 Å². The molecule has 1 N–H and O–H groups in total. The van der Waals surface area contributed by atoms with Crippen LogP contribution in [0.25, 0.3) is 0 Å². The summed E-state index contributed by atoms with van der Waals surface area (Å²) in [6, 6.07) is 15.0. The van der Waals surface area contributed by atoms with Gasteiger partial charge in [-0.25, -0.2) is 0 Å². The number of ether oxygens (including phenoxy) is 1. The quantitative estimate of drug-likeness (QED) is 0.660. The Morgan fingerprint density at radius 3 is 2.48 bits per heavy atom. The number of carbonyl (C=O) groups excluding carboxylic acids is 2. The molecule has 1 atom stereocenters. The Morgan fingerprint density at radius 2 is 1.83 bits per heavy atom. The number of amides is 2. The zero-order chi connectivity index (χ0) is 21.2. The van der Waals surface area contributed by atoms with Crippen LogP contribution in [-0.2, 0) is 16.1 Å². The highest BCUT2D eigenvalue weighted by molar-refractivity contribution is 5.88. The van der Waals surface area contributed by atoms with Crippen molar-refractivity contribution in [2.45, 2.75) is 53.1 Å². The summed E-state index contributed by atoms with van der Waals surface area (Å²) in [6.45, 7) is 8.79. The molecular formula is C24H32N2O3. The maximum Gasteiger partial charge on any atom is 0.261 e. The molecule has 0 saturated carbocycles. The number of hydrogen-bond donors (Lipinski definition) is 1. The monoisotopic (exact) mass is 396 g/mol. The van der Waals surface area contributed by atoms with Gasteiger partial charge in [0.05, 0.1) is 0 Å². The Bertz CT molecular complexity index is 819. The van der Waals surface area contributed by atoms with Crippen LogP contribution in [0.15, 0.2) is 48.5 Å². The average molecular weight is 397 g/mol. The van der Waals surface area contributed by atoms with E-state index in [1.807, 2.05) is 76.2 Å². The van der Waals surface area contributed by atoms with E-state index >= 15 is 0 Å². The molecule has 0 aliphatic carbocycles. The minimum atomic E-state index is -0.533. The highest BCUT2D eigenvalue weighted by atomic mass is 16.5. The van der Waals surface area contributed by atoms with E-state index in [2.05, 4.69) is 5.32 Å². The van der Waals surface area contributed by atoms with Crippen molar-refractivity contribution in [2.24, 2.45) is 0 Å². The molecule has 0 aliphatic heterocycles. The molecule has 0 unspecified atom stereocenters. The van der Waals surface area contributed by atoms with E-state index in [1.165, 1.54) is 0 Å². The van der Waals surface area contributed by atoms with Gasteiger partial charge in [0.25, 0.3) is 5.91 Å². The normalized spacial score (nSPS) is 11.6. The van der Waals surface area contributed by atoms with Crippen LogP contribution in [-0.4, -0.2) is 35.9 Å². The summed E-state index contributed by atoms with van der Waals surface area (Å²) in [7, 11) is 0. The lowest BCUT2D eigenvalue weighted by atomic mass is 10.1. The summed E-state index contributed by atoms with van der Waals surface area (Å²) in [5, 5.41) is 2.93. The molecule has 2 aromatic carbocycles. The molecule has 2 aromatic rings. The molecule has 0 aliphatic rings. The predicted octanol–water partition coefficient (Wildman–Crippen LogP) is 4.02. The first-order chi connectivity index (χ1) is 14.0. The van der Waals surface area contributed by atoms with Gasteiger partial charge in [0.15, 0.2) is 6.61 Å². The van der Waals surface area contributed by atoms with E-state index in [0.29, 0.717) is 25.3 Å². The second-order valence-electron chi connectivity index (χ2n) is 7.27. The zero-order valence-electron chi connectivity index (χ0n) is 17.9. The Balaban J connectivity index is 2.20. The van der Waals surface area contributed by atoms with Gasteiger partial charge < -0.3 is 15.0 Å². The first-order valence-corrected chi connectivity index (χ1v) is 10.3. The number of rotatable bonds is 10. The second kappa shape index (κ2) is 11.2. The Labute approximate surface area is 174 Å². The molecule has 2 rings (SSSR count). The molecule has 0 bridgehead atoms. The predicted molar refractivity (Wildman–Crippen MR) is 116 cm³/mol. The highest BCUT2D eigenvalue weighted by Gasteiger charge is 2.29. The summed E-state index contributed by atoms with van der Waals surface area (Å²) in [6.07, 6.45) is 1.39. The van der Waals surface area contributed by atoms with Crippen molar-refractivity contribution < 1.29 is 14.3 Å². The van der Waals surface area contributed by atoms with E-state index in [-0.39, 0.29) is 18.4 Å². The van der Waals surface area contributed by atoms with Crippen molar-refractivity contribution in [3.63, 3.8) is 0 Å². The van der Waals surface area contributed by atoms with Gasteiger partial charge in [0, 0.05) is 13.1 Å². The van der Waals surface area contributed by atoms with Crippen LogP contribution >= 0.6 is 0 Å². The van der Waals surface area contributed by atoms with Crippen LogP contribution in [0.1, 0.15) is 43.4 Å². The van der Waals surface area contributed by atoms with Crippen molar-refractivity contribution in [1.82, 2.24) is 10.2 Å². The molecule has 5 nitrogen and oxygen atoms in total. The van der Waals surface area contributed by atoms with Crippen molar-refractivity contribution in [3.8, 4) is 5.75 Å². The van der Waals surface area contributed by atoms with E-state index < -0.39 is 6.04 Å². The van der Waals surface area contributed by atoms with Crippen LogP contribution in [0.3, 0.4) is 0 Å². The smallest absolute Gasteiger partial charge is 0.261 e. The molecule has 29 heavy (non-hydrogen) atoms. The Morgan fingerprint density at radius 1 is 1.07 bits per heavy atom. The number of aryl methyl sites for hydroxylation is 2. The average Bonchev–Trinajstić information content (AvgIpc) is 2.71. The second-order valence-corrected chi connectivity index (χ2v) is 7.27. The van der Waals surface area contributed by atoms with Crippen LogP contribution in [0.5, 0.6) is 5.75 Å². The molecular weight excluding hydrogens is 364 g/mol.